The lowest BCUT2D eigenvalue weighted by atomic mass is 9.87. The van der Waals surface area contributed by atoms with Crippen LogP contribution in [-0.2, 0) is 20.5 Å². The fraction of sp³-hybridized carbons (Fsp3) is 0.300. The van der Waals surface area contributed by atoms with Gasteiger partial charge in [-0.3, -0.25) is 4.79 Å². The van der Waals surface area contributed by atoms with Gasteiger partial charge in [-0.25, -0.2) is 4.79 Å². The van der Waals surface area contributed by atoms with E-state index in [1.54, 1.807) is 0 Å². The maximum Gasteiger partial charge on any atom is 0.416 e. The van der Waals surface area contributed by atoms with Crippen molar-refractivity contribution in [1.29, 1.82) is 0 Å². The molecule has 4 rings (SSSR count). The molecule has 3 nitrogen and oxygen atoms in total. The molecule has 0 radical (unpaired) electrons. The lowest BCUT2D eigenvalue weighted by Crippen LogP contribution is -2.19. The first kappa shape index (κ1) is 16.8. The minimum atomic E-state index is -4.44. The van der Waals surface area contributed by atoms with E-state index in [1.165, 1.54) is 12.1 Å². The Labute approximate surface area is 147 Å². The first-order chi connectivity index (χ1) is 12.3. The molecule has 0 amide bonds. The van der Waals surface area contributed by atoms with E-state index in [2.05, 4.69) is 6.58 Å². The molecule has 134 valence electrons. The molecule has 0 saturated carbocycles. The molecule has 0 aromatic heterocycles. The van der Waals surface area contributed by atoms with Crippen LogP contribution in [0.2, 0.25) is 0 Å². The highest BCUT2D eigenvalue weighted by Gasteiger charge is 2.46. The molecular formula is C20H15F3O3. The van der Waals surface area contributed by atoms with Crippen LogP contribution in [-0.4, -0.2) is 17.9 Å². The molecule has 1 aromatic rings. The molecule has 1 fully saturated rings. The Balaban J connectivity index is 1.84. The number of Topliss-reactive ketones (excluding diaryl/α,β-unsaturated/α-hetero) is 1. The first-order valence-electron chi connectivity index (χ1n) is 8.31. The zero-order valence-corrected chi connectivity index (χ0v) is 13.7. The first-order valence-corrected chi connectivity index (χ1v) is 8.31. The van der Waals surface area contributed by atoms with Gasteiger partial charge in [-0.05, 0) is 36.1 Å². The van der Waals surface area contributed by atoms with Crippen LogP contribution in [0.15, 0.2) is 53.6 Å². The van der Waals surface area contributed by atoms with Crippen molar-refractivity contribution in [3.05, 3.63) is 64.8 Å². The van der Waals surface area contributed by atoms with Crippen molar-refractivity contribution in [3.8, 4) is 0 Å². The summed E-state index contributed by atoms with van der Waals surface area (Å²) in [6.07, 6.45) is -1.50. The second kappa shape index (κ2) is 5.69. The molecule has 0 bridgehead atoms. The third-order valence-corrected chi connectivity index (χ3v) is 5.21. The Hall–Kier alpha value is -2.63. The second-order valence-electron chi connectivity index (χ2n) is 6.73. The van der Waals surface area contributed by atoms with E-state index in [1.807, 2.05) is 6.08 Å². The molecule has 1 aliphatic heterocycles. The van der Waals surface area contributed by atoms with Crippen LogP contribution in [0.1, 0.15) is 30.4 Å². The molecule has 1 aromatic carbocycles. The Morgan fingerprint density at radius 1 is 1.12 bits per heavy atom. The number of allylic oxidation sites excluding steroid dienone is 2. The summed E-state index contributed by atoms with van der Waals surface area (Å²) in [5, 5.41) is 0. The average molecular weight is 360 g/mol. The van der Waals surface area contributed by atoms with E-state index >= 15 is 0 Å². The number of hydrogen-bond donors (Lipinski definition) is 0. The monoisotopic (exact) mass is 360 g/mol. The van der Waals surface area contributed by atoms with E-state index < -0.39 is 23.8 Å². The van der Waals surface area contributed by atoms with Crippen LogP contribution in [0.5, 0.6) is 0 Å². The summed E-state index contributed by atoms with van der Waals surface area (Å²) >= 11 is 0. The smallest absolute Gasteiger partial charge is 0.416 e. The van der Waals surface area contributed by atoms with Gasteiger partial charge in [0.05, 0.1) is 5.56 Å². The Kier molecular flexibility index (Phi) is 3.68. The van der Waals surface area contributed by atoms with E-state index in [-0.39, 0.29) is 18.1 Å². The minimum Gasteiger partial charge on any atom is -0.453 e. The number of esters is 1. The number of benzene rings is 1. The number of carbonyl (C=O) groups is 2. The number of halogens is 3. The summed E-state index contributed by atoms with van der Waals surface area (Å²) in [7, 11) is 0. The van der Waals surface area contributed by atoms with Crippen LogP contribution in [0.4, 0.5) is 13.2 Å². The molecule has 6 heteroatoms. The van der Waals surface area contributed by atoms with Crippen molar-refractivity contribution in [2.24, 2.45) is 5.92 Å². The SMILES string of the molecule is C=C1C(=O)O[C@H]2C3=C(c4ccc(C(F)(F)F)cc4)C(=O)CC3=CCC[C@H]12. The summed E-state index contributed by atoms with van der Waals surface area (Å²) in [5.41, 5.74) is 1.82. The van der Waals surface area contributed by atoms with Gasteiger partial charge in [0, 0.05) is 29.1 Å². The van der Waals surface area contributed by atoms with Crippen molar-refractivity contribution in [3.63, 3.8) is 0 Å². The molecule has 3 aliphatic rings. The van der Waals surface area contributed by atoms with Gasteiger partial charge in [-0.2, -0.15) is 13.2 Å². The van der Waals surface area contributed by atoms with Gasteiger partial charge < -0.3 is 4.74 Å². The molecule has 2 atom stereocenters. The van der Waals surface area contributed by atoms with Crippen LogP contribution in [0.25, 0.3) is 5.57 Å². The fourth-order valence-corrected chi connectivity index (χ4v) is 3.95. The number of rotatable bonds is 1. The van der Waals surface area contributed by atoms with Gasteiger partial charge in [0.25, 0.3) is 0 Å². The quantitative estimate of drug-likeness (QED) is 0.555. The highest BCUT2D eigenvalue weighted by atomic mass is 19.4. The average Bonchev–Trinajstić information content (AvgIpc) is 2.98. The van der Waals surface area contributed by atoms with E-state index in [0.29, 0.717) is 35.1 Å². The highest BCUT2D eigenvalue weighted by molar-refractivity contribution is 6.26. The van der Waals surface area contributed by atoms with E-state index in [0.717, 1.165) is 17.7 Å². The standard InChI is InChI=1S/C20H15F3O3/c1-10-14-4-2-3-12-9-15(24)16(17(12)18(14)26-19(10)25)11-5-7-13(8-6-11)20(21,22)23/h3,5-8,14,18H,1-2,4,9H2/t14-,18-/m1/s1. The van der Waals surface area contributed by atoms with Crippen molar-refractivity contribution < 1.29 is 27.5 Å². The maximum atomic E-state index is 12.8. The molecule has 26 heavy (non-hydrogen) atoms. The Morgan fingerprint density at radius 2 is 1.81 bits per heavy atom. The highest BCUT2D eigenvalue weighted by Crippen LogP contribution is 2.47. The summed E-state index contributed by atoms with van der Waals surface area (Å²) in [5.74, 6) is -0.846. The molecule has 0 unspecified atom stereocenters. The number of ether oxygens (including phenoxy) is 1. The molecule has 2 aliphatic carbocycles. The fourth-order valence-electron chi connectivity index (χ4n) is 3.95. The van der Waals surface area contributed by atoms with E-state index in [9.17, 15) is 22.8 Å². The largest absolute Gasteiger partial charge is 0.453 e. The topological polar surface area (TPSA) is 43.4 Å². The lowest BCUT2D eigenvalue weighted by Gasteiger charge is -2.19. The second-order valence-corrected chi connectivity index (χ2v) is 6.73. The van der Waals surface area contributed by atoms with Gasteiger partial charge >= 0.3 is 12.1 Å². The van der Waals surface area contributed by atoms with Crippen molar-refractivity contribution in [2.75, 3.05) is 0 Å². The van der Waals surface area contributed by atoms with Crippen LogP contribution in [0, 0.1) is 5.92 Å². The summed E-state index contributed by atoms with van der Waals surface area (Å²) in [6.45, 7) is 3.80. The Bertz CT molecular complexity index is 888. The van der Waals surface area contributed by atoms with Gasteiger partial charge in [0.2, 0.25) is 0 Å². The predicted octanol–water partition coefficient (Wildman–Crippen LogP) is 4.25. The van der Waals surface area contributed by atoms with Crippen LogP contribution in [0.3, 0.4) is 0 Å². The van der Waals surface area contributed by atoms with Gasteiger partial charge in [0.15, 0.2) is 5.78 Å². The molecule has 1 saturated heterocycles. The summed E-state index contributed by atoms with van der Waals surface area (Å²) in [6, 6.07) is 4.53. The van der Waals surface area contributed by atoms with Crippen molar-refractivity contribution in [1.82, 2.24) is 0 Å². The number of alkyl halides is 3. The summed E-state index contributed by atoms with van der Waals surface area (Å²) < 4.78 is 43.9. The van der Waals surface area contributed by atoms with Crippen molar-refractivity contribution in [2.45, 2.75) is 31.5 Å². The maximum absolute atomic E-state index is 12.8. The van der Waals surface area contributed by atoms with Gasteiger partial charge in [0.1, 0.15) is 6.10 Å². The normalized spacial score (nSPS) is 25.7. The molecule has 0 spiro atoms. The van der Waals surface area contributed by atoms with E-state index in [4.69, 9.17) is 4.74 Å². The van der Waals surface area contributed by atoms with Gasteiger partial charge in [-0.1, -0.05) is 24.8 Å². The molecule has 1 heterocycles. The van der Waals surface area contributed by atoms with Crippen LogP contribution < -0.4 is 0 Å². The molecule has 0 N–H and O–H groups in total. The molecular weight excluding hydrogens is 345 g/mol. The Morgan fingerprint density at radius 3 is 2.46 bits per heavy atom. The number of ketones is 1. The minimum absolute atomic E-state index is 0.166. The number of hydrogen-bond acceptors (Lipinski definition) is 3. The van der Waals surface area contributed by atoms with Gasteiger partial charge in [-0.15, -0.1) is 0 Å². The third-order valence-electron chi connectivity index (χ3n) is 5.21. The number of fused-ring (bicyclic) bond motifs is 3. The zero-order chi connectivity index (χ0) is 18.6. The lowest BCUT2D eigenvalue weighted by molar-refractivity contribution is -0.138. The zero-order valence-electron chi connectivity index (χ0n) is 13.7. The number of carbonyl (C=O) groups excluding carboxylic acids is 2. The third kappa shape index (κ3) is 2.52. The predicted molar refractivity (Wildman–Crippen MR) is 87.8 cm³/mol. The van der Waals surface area contributed by atoms with Crippen LogP contribution >= 0.6 is 0 Å². The summed E-state index contributed by atoms with van der Waals surface area (Å²) in [4.78, 5) is 24.6. The van der Waals surface area contributed by atoms with Crippen molar-refractivity contribution >= 4 is 17.3 Å².